The first-order valence-corrected chi connectivity index (χ1v) is 7.27. The number of carbonyl (C=O) groups excluding carboxylic acids is 2. The van der Waals surface area contributed by atoms with Gasteiger partial charge in [-0.05, 0) is 12.1 Å². The summed E-state index contributed by atoms with van der Waals surface area (Å²) in [6.45, 7) is 1.42. The molecule has 110 valence electrons. The largest absolute Gasteiger partial charge is 0.296 e. The van der Waals surface area contributed by atoms with Crippen molar-refractivity contribution in [2.75, 3.05) is 5.32 Å². The van der Waals surface area contributed by atoms with E-state index in [1.54, 1.807) is 5.38 Å². The maximum absolute atomic E-state index is 12.1. The number of ketones is 1. The van der Waals surface area contributed by atoms with Crippen LogP contribution in [0.1, 0.15) is 27.9 Å². The first-order valence-electron chi connectivity index (χ1n) is 6.39. The molecular weight excluding hydrogens is 302 g/mol. The van der Waals surface area contributed by atoms with Crippen LogP contribution in [0.2, 0.25) is 0 Å². The molecule has 0 radical (unpaired) electrons. The fourth-order valence-electron chi connectivity index (χ4n) is 1.71. The standard InChI is InChI=1S/C14H11N5O2S/c1-9(20)12-8-22-14(16-12)17-13(21)11-7-15-19(18-11)10-5-3-2-4-6-10/h2-8H,1H3,(H,16,17,21). The Morgan fingerprint density at radius 2 is 1.95 bits per heavy atom. The SMILES string of the molecule is CC(=O)c1csc(NC(=O)c2cnn(-c3ccccc3)n2)n1. The maximum atomic E-state index is 12.1. The van der Waals surface area contributed by atoms with E-state index in [1.165, 1.54) is 29.3 Å². The van der Waals surface area contributed by atoms with Crippen LogP contribution in [-0.2, 0) is 0 Å². The van der Waals surface area contributed by atoms with Crippen molar-refractivity contribution in [3.05, 3.63) is 53.3 Å². The molecule has 0 spiro atoms. The van der Waals surface area contributed by atoms with E-state index in [1.807, 2.05) is 30.3 Å². The van der Waals surface area contributed by atoms with Gasteiger partial charge in [-0.3, -0.25) is 14.9 Å². The van der Waals surface area contributed by atoms with Gasteiger partial charge in [-0.2, -0.15) is 9.90 Å². The highest BCUT2D eigenvalue weighted by atomic mass is 32.1. The Morgan fingerprint density at radius 1 is 1.18 bits per heavy atom. The number of rotatable bonds is 4. The molecule has 0 bridgehead atoms. The number of amides is 1. The van der Waals surface area contributed by atoms with Gasteiger partial charge < -0.3 is 0 Å². The van der Waals surface area contributed by atoms with E-state index in [0.29, 0.717) is 10.8 Å². The molecule has 22 heavy (non-hydrogen) atoms. The van der Waals surface area contributed by atoms with Gasteiger partial charge in [0, 0.05) is 12.3 Å². The van der Waals surface area contributed by atoms with E-state index in [4.69, 9.17) is 0 Å². The zero-order valence-corrected chi connectivity index (χ0v) is 12.4. The second-order valence-corrected chi connectivity index (χ2v) is 5.26. The molecule has 0 unspecified atom stereocenters. The van der Waals surface area contributed by atoms with Crippen molar-refractivity contribution in [2.45, 2.75) is 6.92 Å². The highest BCUT2D eigenvalue weighted by Crippen LogP contribution is 2.16. The van der Waals surface area contributed by atoms with Gasteiger partial charge in [0.15, 0.2) is 16.6 Å². The Morgan fingerprint density at radius 3 is 2.64 bits per heavy atom. The van der Waals surface area contributed by atoms with Crippen molar-refractivity contribution in [1.82, 2.24) is 20.0 Å². The van der Waals surface area contributed by atoms with Crippen LogP contribution in [0.25, 0.3) is 5.69 Å². The molecule has 2 aromatic heterocycles. The zero-order valence-electron chi connectivity index (χ0n) is 11.6. The quantitative estimate of drug-likeness (QED) is 0.746. The predicted octanol–water partition coefficient (Wildman–Crippen LogP) is 2.18. The number of Topliss-reactive ketones (excluding diaryl/α,β-unsaturated/α-hetero) is 1. The molecule has 1 aromatic carbocycles. The van der Waals surface area contributed by atoms with Gasteiger partial charge >= 0.3 is 0 Å². The average Bonchev–Trinajstić information content (AvgIpc) is 3.17. The topological polar surface area (TPSA) is 89.8 Å². The first-order chi connectivity index (χ1) is 10.6. The molecule has 0 aliphatic heterocycles. The second-order valence-electron chi connectivity index (χ2n) is 4.40. The Labute approximate surface area is 129 Å². The van der Waals surface area contributed by atoms with E-state index >= 15 is 0 Å². The van der Waals surface area contributed by atoms with Gasteiger partial charge in [-0.25, -0.2) is 4.98 Å². The monoisotopic (exact) mass is 313 g/mol. The lowest BCUT2D eigenvalue weighted by molar-refractivity contribution is 0.100. The number of nitrogens with zero attached hydrogens (tertiary/aromatic N) is 4. The van der Waals surface area contributed by atoms with Gasteiger partial charge in [0.1, 0.15) is 5.69 Å². The van der Waals surface area contributed by atoms with Crippen molar-refractivity contribution in [3.63, 3.8) is 0 Å². The minimum atomic E-state index is -0.424. The summed E-state index contributed by atoms with van der Waals surface area (Å²) >= 11 is 1.19. The number of carbonyl (C=O) groups is 2. The molecule has 0 atom stereocenters. The fourth-order valence-corrected chi connectivity index (χ4v) is 2.45. The van der Waals surface area contributed by atoms with Gasteiger partial charge in [-0.1, -0.05) is 18.2 Å². The summed E-state index contributed by atoms with van der Waals surface area (Å²) in [6, 6.07) is 9.27. The Kier molecular flexibility index (Phi) is 3.75. The third-order valence-electron chi connectivity index (χ3n) is 2.80. The summed E-state index contributed by atoms with van der Waals surface area (Å²) in [5.41, 5.74) is 1.26. The minimum Gasteiger partial charge on any atom is -0.296 e. The number of anilines is 1. The number of thiazole rings is 1. The lowest BCUT2D eigenvalue weighted by atomic mass is 10.3. The molecule has 0 aliphatic rings. The molecule has 3 aromatic rings. The minimum absolute atomic E-state index is 0.147. The van der Waals surface area contributed by atoms with Crippen molar-refractivity contribution < 1.29 is 9.59 Å². The number of para-hydroxylation sites is 1. The van der Waals surface area contributed by atoms with Crippen LogP contribution >= 0.6 is 11.3 Å². The summed E-state index contributed by atoms with van der Waals surface area (Å²) in [7, 11) is 0. The highest BCUT2D eigenvalue weighted by molar-refractivity contribution is 7.14. The lowest BCUT2D eigenvalue weighted by Crippen LogP contribution is -2.13. The van der Waals surface area contributed by atoms with E-state index in [0.717, 1.165) is 5.69 Å². The zero-order chi connectivity index (χ0) is 15.5. The number of nitrogens with one attached hydrogen (secondary N) is 1. The smallest absolute Gasteiger partial charge is 0.279 e. The van der Waals surface area contributed by atoms with Gasteiger partial charge in [0.25, 0.3) is 5.91 Å². The molecule has 8 heteroatoms. The van der Waals surface area contributed by atoms with Crippen LogP contribution in [0.3, 0.4) is 0 Å². The van der Waals surface area contributed by atoms with E-state index in [2.05, 4.69) is 20.5 Å². The van der Waals surface area contributed by atoms with Crippen molar-refractivity contribution >= 4 is 28.2 Å². The second kappa shape index (κ2) is 5.86. The fraction of sp³-hybridized carbons (Fsp3) is 0.0714. The van der Waals surface area contributed by atoms with Crippen LogP contribution < -0.4 is 5.32 Å². The Bertz CT molecular complexity index is 825. The van der Waals surface area contributed by atoms with Crippen LogP contribution in [0, 0.1) is 0 Å². The molecule has 3 rings (SSSR count). The van der Waals surface area contributed by atoms with Crippen LogP contribution in [0.4, 0.5) is 5.13 Å². The molecule has 0 saturated heterocycles. The summed E-state index contributed by atoms with van der Waals surface area (Å²) in [5.74, 6) is -0.571. The van der Waals surface area contributed by atoms with E-state index in [-0.39, 0.29) is 11.5 Å². The summed E-state index contributed by atoms with van der Waals surface area (Å²) < 4.78 is 0. The van der Waals surface area contributed by atoms with Crippen molar-refractivity contribution in [1.29, 1.82) is 0 Å². The van der Waals surface area contributed by atoms with Crippen molar-refractivity contribution in [2.24, 2.45) is 0 Å². The predicted molar refractivity (Wildman–Crippen MR) is 81.4 cm³/mol. The molecule has 0 aliphatic carbocycles. The van der Waals surface area contributed by atoms with Gasteiger partial charge in [-0.15, -0.1) is 16.4 Å². The molecule has 7 nitrogen and oxygen atoms in total. The molecule has 1 amide bonds. The molecule has 0 saturated carbocycles. The summed E-state index contributed by atoms with van der Waals surface area (Å²) in [4.78, 5) is 28.7. The molecule has 1 N–H and O–H groups in total. The molecule has 2 heterocycles. The van der Waals surface area contributed by atoms with E-state index < -0.39 is 5.91 Å². The number of aromatic nitrogens is 4. The first kappa shape index (κ1) is 14.1. The van der Waals surface area contributed by atoms with Crippen LogP contribution in [-0.4, -0.2) is 31.7 Å². The molecule has 0 fully saturated rings. The van der Waals surface area contributed by atoms with Gasteiger partial charge in [0.2, 0.25) is 0 Å². The van der Waals surface area contributed by atoms with Crippen LogP contribution in [0.5, 0.6) is 0 Å². The molecular formula is C14H11N5O2S. The van der Waals surface area contributed by atoms with E-state index in [9.17, 15) is 9.59 Å². The normalized spacial score (nSPS) is 10.4. The maximum Gasteiger partial charge on any atom is 0.279 e. The Balaban J connectivity index is 1.75. The average molecular weight is 313 g/mol. The highest BCUT2D eigenvalue weighted by Gasteiger charge is 2.14. The van der Waals surface area contributed by atoms with Crippen molar-refractivity contribution in [3.8, 4) is 5.69 Å². The number of hydrogen-bond donors (Lipinski definition) is 1. The third kappa shape index (κ3) is 2.91. The third-order valence-corrected chi connectivity index (χ3v) is 3.55. The number of hydrogen-bond acceptors (Lipinski definition) is 6. The van der Waals surface area contributed by atoms with Crippen LogP contribution in [0.15, 0.2) is 41.9 Å². The van der Waals surface area contributed by atoms with Gasteiger partial charge in [0.05, 0.1) is 11.9 Å². The Hall–Kier alpha value is -2.87. The summed E-state index contributed by atoms with van der Waals surface area (Å²) in [5, 5.41) is 12.7. The number of benzene rings is 1. The summed E-state index contributed by atoms with van der Waals surface area (Å²) in [6.07, 6.45) is 1.38. The lowest BCUT2D eigenvalue weighted by Gasteiger charge is -1.98.